The molecule has 162 valence electrons. The summed E-state index contributed by atoms with van der Waals surface area (Å²) in [5.74, 6) is 0.363. The van der Waals surface area contributed by atoms with Crippen molar-refractivity contribution in [3.8, 4) is 11.1 Å². The van der Waals surface area contributed by atoms with Crippen molar-refractivity contribution in [3.63, 3.8) is 0 Å². The van der Waals surface area contributed by atoms with E-state index in [1.165, 1.54) is 4.88 Å². The molecule has 0 saturated heterocycles. The van der Waals surface area contributed by atoms with E-state index in [4.69, 9.17) is 11.5 Å². The molecule has 0 aliphatic rings. The third-order valence-corrected chi connectivity index (χ3v) is 5.70. The smallest absolute Gasteiger partial charge is 0.344 e. The van der Waals surface area contributed by atoms with E-state index >= 15 is 0 Å². The van der Waals surface area contributed by atoms with Gasteiger partial charge in [0.05, 0.1) is 6.54 Å². The molecular weight excluding hydrogens is 424 g/mol. The maximum atomic E-state index is 11.6. The number of benzene rings is 1. The number of pyridine rings is 1. The molecule has 0 spiro atoms. The van der Waals surface area contributed by atoms with Crippen molar-refractivity contribution in [3.05, 3.63) is 71.5 Å². The molecule has 0 aliphatic heterocycles. The molecule has 0 atom stereocenters. The monoisotopic (exact) mass is 446 g/mol. The van der Waals surface area contributed by atoms with Crippen LogP contribution >= 0.6 is 11.3 Å². The minimum atomic E-state index is -0.583. The van der Waals surface area contributed by atoms with Crippen LogP contribution in [0.15, 0.2) is 66.0 Å². The van der Waals surface area contributed by atoms with Gasteiger partial charge in [-0.05, 0) is 29.3 Å². The van der Waals surface area contributed by atoms with Gasteiger partial charge in [-0.2, -0.15) is 4.99 Å². The largest absolute Gasteiger partial charge is 0.370 e. The Bertz CT molecular complexity index is 1230. The molecule has 3 aromatic heterocycles. The van der Waals surface area contributed by atoms with Gasteiger partial charge in [0.15, 0.2) is 5.96 Å². The lowest BCUT2D eigenvalue weighted by atomic mass is 10.1. The molecule has 0 aliphatic carbocycles. The van der Waals surface area contributed by atoms with Gasteiger partial charge in [0, 0.05) is 48.0 Å². The molecule has 4 rings (SSSR count). The number of anilines is 1. The highest BCUT2D eigenvalue weighted by Gasteiger charge is 2.10. The minimum Gasteiger partial charge on any atom is -0.370 e. The lowest BCUT2D eigenvalue weighted by Crippen LogP contribution is -2.28. The Morgan fingerprint density at radius 3 is 2.66 bits per heavy atom. The number of rotatable bonds is 6. The van der Waals surface area contributed by atoms with Crippen LogP contribution in [0.4, 0.5) is 10.7 Å². The quantitative estimate of drug-likeness (QED) is 0.306. The molecule has 0 bridgehead atoms. The van der Waals surface area contributed by atoms with Crippen LogP contribution in [0.25, 0.3) is 21.3 Å². The van der Waals surface area contributed by atoms with Gasteiger partial charge in [0.1, 0.15) is 4.83 Å². The van der Waals surface area contributed by atoms with E-state index in [0.717, 1.165) is 26.9 Å². The summed E-state index contributed by atoms with van der Waals surface area (Å²) in [6, 6.07) is 13.3. The molecule has 32 heavy (non-hydrogen) atoms. The van der Waals surface area contributed by atoms with E-state index in [2.05, 4.69) is 37.4 Å². The highest BCUT2D eigenvalue weighted by molar-refractivity contribution is 7.18. The van der Waals surface area contributed by atoms with Crippen LogP contribution in [0, 0.1) is 0 Å². The maximum Gasteiger partial charge on any atom is 0.344 e. The Labute approximate surface area is 188 Å². The Balaban J connectivity index is 1.42. The van der Waals surface area contributed by atoms with Crippen molar-refractivity contribution in [2.75, 3.05) is 11.9 Å². The van der Waals surface area contributed by atoms with Crippen molar-refractivity contribution < 1.29 is 4.79 Å². The number of nitrogens with one attached hydrogen (secondary N) is 1. The molecule has 0 radical (unpaired) electrons. The number of guanidine groups is 1. The van der Waals surface area contributed by atoms with E-state index in [-0.39, 0.29) is 5.96 Å². The lowest BCUT2D eigenvalue weighted by molar-refractivity contribution is 0.249. The summed E-state index contributed by atoms with van der Waals surface area (Å²) >= 11 is 1.67. The second-order valence-corrected chi connectivity index (χ2v) is 8.25. The van der Waals surface area contributed by atoms with Gasteiger partial charge in [-0.1, -0.05) is 24.3 Å². The zero-order valence-corrected chi connectivity index (χ0v) is 18.2. The predicted molar refractivity (Wildman–Crippen MR) is 127 cm³/mol. The summed E-state index contributed by atoms with van der Waals surface area (Å²) in [5, 5.41) is 3.78. The van der Waals surface area contributed by atoms with Crippen LogP contribution in [0.3, 0.4) is 0 Å². The van der Waals surface area contributed by atoms with E-state index in [1.807, 2.05) is 42.3 Å². The molecule has 0 fully saturated rings. The summed E-state index contributed by atoms with van der Waals surface area (Å²) in [7, 11) is 1.96. The Kier molecular flexibility index (Phi) is 6.22. The van der Waals surface area contributed by atoms with Crippen LogP contribution in [-0.2, 0) is 13.1 Å². The van der Waals surface area contributed by atoms with Crippen LogP contribution in [-0.4, -0.2) is 34.0 Å². The number of aromatic nitrogens is 3. The molecule has 1 aromatic carbocycles. The normalized spacial score (nSPS) is 10.7. The number of nitrogens with two attached hydrogens (primary N) is 2. The SMILES string of the molecule is CN(Cc1cc2cccnc2s1)c1ncc(-c2cccc(CNC(=O)N=C(N)N)c2)cn1. The molecule has 0 saturated carbocycles. The second-order valence-electron chi connectivity index (χ2n) is 7.13. The van der Waals surface area contributed by atoms with Crippen molar-refractivity contribution in [1.82, 2.24) is 20.3 Å². The average Bonchev–Trinajstić information content (AvgIpc) is 3.20. The fraction of sp³-hybridized carbons (Fsp3) is 0.136. The van der Waals surface area contributed by atoms with E-state index in [0.29, 0.717) is 19.0 Å². The average molecular weight is 447 g/mol. The molecule has 10 heteroatoms. The van der Waals surface area contributed by atoms with Gasteiger partial charge in [-0.15, -0.1) is 11.3 Å². The van der Waals surface area contributed by atoms with Gasteiger partial charge in [0.2, 0.25) is 5.95 Å². The summed E-state index contributed by atoms with van der Waals surface area (Å²) in [6.45, 7) is 1.00. The third kappa shape index (κ3) is 5.16. The lowest BCUT2D eigenvalue weighted by Gasteiger charge is -2.16. The number of thiophene rings is 1. The van der Waals surface area contributed by atoms with E-state index in [9.17, 15) is 4.79 Å². The topological polar surface area (TPSA) is 135 Å². The summed E-state index contributed by atoms with van der Waals surface area (Å²) in [4.78, 5) is 32.7. The van der Waals surface area contributed by atoms with Crippen LogP contribution < -0.4 is 21.7 Å². The van der Waals surface area contributed by atoms with Gasteiger partial charge in [-0.25, -0.2) is 19.7 Å². The van der Waals surface area contributed by atoms with Crippen LogP contribution in [0.1, 0.15) is 10.4 Å². The molecule has 5 N–H and O–H groups in total. The number of fused-ring (bicyclic) bond motifs is 1. The molecule has 9 nitrogen and oxygen atoms in total. The fourth-order valence-electron chi connectivity index (χ4n) is 3.17. The first-order chi connectivity index (χ1) is 15.5. The number of urea groups is 1. The summed E-state index contributed by atoms with van der Waals surface area (Å²) in [6.07, 6.45) is 5.39. The molecule has 0 unspecified atom stereocenters. The summed E-state index contributed by atoms with van der Waals surface area (Å²) < 4.78 is 0. The van der Waals surface area contributed by atoms with Gasteiger partial charge in [-0.3, -0.25) is 0 Å². The van der Waals surface area contributed by atoms with Crippen molar-refractivity contribution in [2.45, 2.75) is 13.1 Å². The number of hydrogen-bond donors (Lipinski definition) is 3. The highest BCUT2D eigenvalue weighted by atomic mass is 32.1. The zero-order chi connectivity index (χ0) is 22.5. The first-order valence-corrected chi connectivity index (χ1v) is 10.6. The van der Waals surface area contributed by atoms with Gasteiger partial charge >= 0.3 is 6.03 Å². The number of amides is 2. The second kappa shape index (κ2) is 9.40. The minimum absolute atomic E-state index is 0.275. The first-order valence-electron chi connectivity index (χ1n) is 9.81. The van der Waals surface area contributed by atoms with Crippen molar-refractivity contribution in [2.24, 2.45) is 16.5 Å². The maximum absolute atomic E-state index is 11.6. The third-order valence-electron chi connectivity index (χ3n) is 4.65. The number of aliphatic imine (C=N–C) groups is 1. The molecular formula is C22H22N8OS. The number of carbonyl (C=O) groups is 1. The Hall–Kier alpha value is -4.05. The number of hydrogen-bond acceptors (Lipinski definition) is 6. The van der Waals surface area contributed by atoms with Crippen LogP contribution in [0.2, 0.25) is 0 Å². The van der Waals surface area contributed by atoms with Gasteiger partial charge in [0.25, 0.3) is 0 Å². The zero-order valence-electron chi connectivity index (χ0n) is 17.4. The van der Waals surface area contributed by atoms with Crippen LogP contribution in [0.5, 0.6) is 0 Å². The number of nitrogens with zero attached hydrogens (tertiary/aromatic N) is 5. The number of carbonyl (C=O) groups excluding carboxylic acids is 1. The van der Waals surface area contributed by atoms with E-state index < -0.39 is 6.03 Å². The Morgan fingerprint density at radius 1 is 1.09 bits per heavy atom. The Morgan fingerprint density at radius 2 is 1.91 bits per heavy atom. The molecule has 2 amide bonds. The molecule has 4 aromatic rings. The highest BCUT2D eigenvalue weighted by Crippen LogP contribution is 2.25. The summed E-state index contributed by atoms with van der Waals surface area (Å²) in [5.41, 5.74) is 13.1. The first kappa shape index (κ1) is 21.2. The fourth-order valence-corrected chi connectivity index (χ4v) is 4.22. The van der Waals surface area contributed by atoms with Crippen molar-refractivity contribution in [1.29, 1.82) is 0 Å². The van der Waals surface area contributed by atoms with Crippen molar-refractivity contribution >= 4 is 39.5 Å². The standard InChI is InChI=1S/C22H22N8OS/c1-30(13-18-9-16-6-3-7-25-19(16)32-18)21-26-11-17(12-27-21)15-5-2-4-14(8-15)10-28-22(31)29-20(23)24/h2-9,11-12H,10,13H2,1H3,(H5,23,24,28,29,31). The molecule has 3 heterocycles. The predicted octanol–water partition coefficient (Wildman–Crippen LogP) is 2.87. The van der Waals surface area contributed by atoms with E-state index in [1.54, 1.807) is 29.9 Å². The van der Waals surface area contributed by atoms with Gasteiger partial charge < -0.3 is 21.7 Å².